The Morgan fingerprint density at radius 1 is 1.15 bits per heavy atom. The molecule has 1 aliphatic heterocycles. The summed E-state index contributed by atoms with van der Waals surface area (Å²) in [5, 5.41) is 11.8. The molecule has 39 heavy (non-hydrogen) atoms. The maximum atomic E-state index is 13.5. The van der Waals surface area contributed by atoms with Gasteiger partial charge in [0.25, 0.3) is 10.0 Å². The van der Waals surface area contributed by atoms with E-state index < -0.39 is 39.8 Å². The summed E-state index contributed by atoms with van der Waals surface area (Å²) in [4.78, 5) is 30.1. The van der Waals surface area contributed by atoms with E-state index in [1.54, 1.807) is 39.0 Å². The van der Waals surface area contributed by atoms with Crippen LogP contribution in [0.5, 0.6) is 0 Å². The van der Waals surface area contributed by atoms with Gasteiger partial charge in [0.1, 0.15) is 6.61 Å². The first-order valence-corrected chi connectivity index (χ1v) is 13.4. The van der Waals surface area contributed by atoms with Crippen LogP contribution in [-0.4, -0.2) is 43.2 Å². The van der Waals surface area contributed by atoms with Gasteiger partial charge in [0.2, 0.25) is 0 Å². The van der Waals surface area contributed by atoms with Gasteiger partial charge in [-0.15, -0.1) is 0 Å². The van der Waals surface area contributed by atoms with Gasteiger partial charge in [0.05, 0.1) is 24.2 Å². The topological polar surface area (TPSA) is 173 Å². The Morgan fingerprint density at radius 2 is 1.87 bits per heavy atom. The average Bonchev–Trinajstić information content (AvgIpc) is 3.22. The summed E-state index contributed by atoms with van der Waals surface area (Å²) >= 11 is 0. The van der Waals surface area contributed by atoms with Crippen LogP contribution in [0.25, 0.3) is 0 Å². The van der Waals surface area contributed by atoms with Crippen molar-refractivity contribution < 1.29 is 32.4 Å². The number of ether oxygens (including phenoxy) is 1. The van der Waals surface area contributed by atoms with Gasteiger partial charge in [-0.2, -0.15) is 8.42 Å². The number of nitrogens with one attached hydrogen (secondary N) is 2. The van der Waals surface area contributed by atoms with Crippen LogP contribution in [0.3, 0.4) is 0 Å². The van der Waals surface area contributed by atoms with Gasteiger partial charge in [-0.05, 0) is 55.6 Å². The number of fused-ring (bicyclic) bond motifs is 1. The number of hydrogen-bond donors (Lipinski definition) is 4. The number of anilines is 3. The number of amides is 3. The quantitative estimate of drug-likeness (QED) is 0.323. The Morgan fingerprint density at radius 3 is 2.54 bits per heavy atom. The molecule has 0 atom stereocenters. The minimum absolute atomic E-state index is 0.0155. The van der Waals surface area contributed by atoms with Crippen molar-refractivity contribution in [1.82, 2.24) is 4.98 Å². The van der Waals surface area contributed by atoms with Crippen molar-refractivity contribution in [2.45, 2.75) is 44.5 Å². The molecule has 2 heterocycles. The molecule has 0 fully saturated rings. The van der Waals surface area contributed by atoms with E-state index in [1.165, 1.54) is 18.2 Å². The molecule has 0 unspecified atom stereocenters. The molecule has 0 saturated carbocycles. The number of rotatable bonds is 7. The highest BCUT2D eigenvalue weighted by Crippen LogP contribution is 2.33. The average molecular weight is 553 g/mol. The molecule has 3 amide bonds. The van der Waals surface area contributed by atoms with Crippen molar-refractivity contribution in [3.05, 3.63) is 71.9 Å². The van der Waals surface area contributed by atoms with Gasteiger partial charge < -0.3 is 20.1 Å². The lowest BCUT2D eigenvalue weighted by molar-refractivity contribution is 0.155. The molecule has 0 aliphatic carbocycles. The number of aromatic nitrogens is 1. The van der Waals surface area contributed by atoms with E-state index in [-0.39, 0.29) is 30.3 Å². The molecule has 2 aromatic carbocycles. The molecular formula is C25H28BN5O7S. The van der Waals surface area contributed by atoms with Crippen molar-refractivity contribution in [2.75, 3.05) is 14.9 Å². The first kappa shape index (κ1) is 27.9. The van der Waals surface area contributed by atoms with Gasteiger partial charge in [0.15, 0.2) is 5.03 Å². The number of benzene rings is 2. The molecular weight excluding hydrogens is 525 g/mol. The number of urea groups is 1. The Hall–Kier alpha value is -4.14. The summed E-state index contributed by atoms with van der Waals surface area (Å²) in [7, 11) is -5.44. The third-order valence-electron chi connectivity index (χ3n) is 5.74. The predicted molar refractivity (Wildman–Crippen MR) is 146 cm³/mol. The number of carbonyl (C=O) groups excluding carboxylic acids is 2. The molecule has 0 saturated heterocycles. The molecule has 204 valence electrons. The third kappa shape index (κ3) is 6.48. The van der Waals surface area contributed by atoms with Gasteiger partial charge in [0, 0.05) is 11.2 Å². The lowest BCUT2D eigenvalue weighted by Gasteiger charge is -2.35. The van der Waals surface area contributed by atoms with Crippen LogP contribution in [0.1, 0.15) is 31.9 Å². The summed E-state index contributed by atoms with van der Waals surface area (Å²) in [6.45, 7) is 5.14. The Kier molecular flexibility index (Phi) is 7.81. The number of pyridine rings is 1. The maximum Gasteiger partial charge on any atom is 0.491 e. The molecule has 0 bridgehead atoms. The van der Waals surface area contributed by atoms with Crippen LogP contribution in [0, 0.1) is 0 Å². The smallest absolute Gasteiger partial charge is 0.444 e. The molecule has 12 nitrogen and oxygen atoms in total. The van der Waals surface area contributed by atoms with E-state index in [0.29, 0.717) is 11.0 Å². The second-order valence-corrected chi connectivity index (χ2v) is 11.4. The molecule has 0 radical (unpaired) electrons. The standard InChI is InChI=1S/C25H28BN5O7S/c1-25(2,3)31(23(27)32)21-12-19(29-24(33)37-14-16-7-5-4-6-8-16)13-28-22(21)39(35,36)30-18-9-10-20-17(11-18)15-38-26(20)34/h4-13,30,34H,14-15H2,1-3H3,(H2,27,32)(H,29,33). The van der Waals surface area contributed by atoms with Crippen molar-refractivity contribution in [2.24, 2.45) is 5.73 Å². The zero-order chi connectivity index (χ0) is 28.4. The lowest BCUT2D eigenvalue weighted by Crippen LogP contribution is -2.49. The highest BCUT2D eigenvalue weighted by atomic mass is 32.2. The fourth-order valence-corrected chi connectivity index (χ4v) is 5.21. The van der Waals surface area contributed by atoms with E-state index in [9.17, 15) is 23.0 Å². The molecule has 14 heteroatoms. The molecule has 5 N–H and O–H groups in total. The highest BCUT2D eigenvalue weighted by molar-refractivity contribution is 7.92. The van der Waals surface area contributed by atoms with E-state index in [2.05, 4.69) is 15.0 Å². The van der Waals surface area contributed by atoms with Gasteiger partial charge >= 0.3 is 19.2 Å². The minimum atomic E-state index is -4.36. The van der Waals surface area contributed by atoms with E-state index in [0.717, 1.165) is 16.7 Å². The van der Waals surface area contributed by atoms with Crippen molar-refractivity contribution in [1.29, 1.82) is 0 Å². The van der Waals surface area contributed by atoms with Crippen LogP contribution < -0.4 is 26.1 Å². The SMILES string of the molecule is CC(C)(C)N(C(N)=O)c1cc(NC(=O)OCc2ccccc2)cnc1S(=O)(=O)Nc1ccc2c(c1)COB2O. The van der Waals surface area contributed by atoms with Crippen molar-refractivity contribution in [3.8, 4) is 0 Å². The van der Waals surface area contributed by atoms with Crippen LogP contribution in [0.15, 0.2) is 65.8 Å². The first-order valence-electron chi connectivity index (χ1n) is 11.9. The normalized spacial score (nSPS) is 13.0. The van der Waals surface area contributed by atoms with E-state index >= 15 is 0 Å². The van der Waals surface area contributed by atoms with E-state index in [4.69, 9.17) is 15.1 Å². The summed E-state index contributed by atoms with van der Waals surface area (Å²) in [6, 6.07) is 14.0. The molecule has 3 aromatic rings. The first-order chi connectivity index (χ1) is 18.3. The van der Waals surface area contributed by atoms with Crippen LogP contribution in [-0.2, 0) is 32.6 Å². The monoisotopic (exact) mass is 553 g/mol. The van der Waals surface area contributed by atoms with Crippen molar-refractivity contribution in [3.63, 3.8) is 0 Å². The van der Waals surface area contributed by atoms with Crippen LogP contribution in [0.2, 0.25) is 0 Å². The highest BCUT2D eigenvalue weighted by Gasteiger charge is 2.34. The Labute approximate surface area is 226 Å². The maximum absolute atomic E-state index is 13.5. The number of primary amides is 1. The number of hydrogen-bond acceptors (Lipinski definition) is 8. The zero-order valence-corrected chi connectivity index (χ0v) is 22.4. The van der Waals surface area contributed by atoms with Crippen LogP contribution >= 0.6 is 0 Å². The summed E-state index contributed by atoms with van der Waals surface area (Å²) in [5.41, 5.74) is 6.78. The Bertz CT molecular complexity index is 1500. The summed E-state index contributed by atoms with van der Waals surface area (Å²) < 4.78 is 39.8. The van der Waals surface area contributed by atoms with E-state index in [1.807, 2.05) is 18.2 Å². The third-order valence-corrected chi connectivity index (χ3v) is 7.06. The van der Waals surface area contributed by atoms with Gasteiger partial charge in [-0.3, -0.25) is 14.9 Å². The number of nitrogens with zero attached hydrogens (tertiary/aromatic N) is 2. The number of nitrogens with two attached hydrogens (primary N) is 1. The van der Waals surface area contributed by atoms with Crippen LogP contribution in [0.4, 0.5) is 26.7 Å². The number of sulfonamides is 1. The second kappa shape index (κ2) is 10.9. The molecule has 1 aromatic heterocycles. The fraction of sp³-hybridized carbons (Fsp3) is 0.240. The largest absolute Gasteiger partial charge is 0.491 e. The fourth-order valence-electron chi connectivity index (χ4n) is 4.06. The van der Waals surface area contributed by atoms with Gasteiger partial charge in [-0.25, -0.2) is 14.6 Å². The number of carbonyl (C=O) groups is 2. The molecule has 0 spiro atoms. The van der Waals surface area contributed by atoms with Gasteiger partial charge in [-0.1, -0.05) is 36.4 Å². The lowest BCUT2D eigenvalue weighted by atomic mass is 9.79. The Balaban J connectivity index is 1.65. The molecule has 4 rings (SSSR count). The predicted octanol–water partition coefficient (Wildman–Crippen LogP) is 2.53. The van der Waals surface area contributed by atoms with Crippen molar-refractivity contribution >= 4 is 51.8 Å². The minimum Gasteiger partial charge on any atom is -0.444 e. The summed E-state index contributed by atoms with van der Waals surface area (Å²) in [5.74, 6) is 0. The zero-order valence-electron chi connectivity index (χ0n) is 21.5. The summed E-state index contributed by atoms with van der Waals surface area (Å²) in [6.07, 6.45) is 0.334. The second-order valence-electron chi connectivity index (χ2n) is 9.76. The molecule has 1 aliphatic rings.